The number of hydrogen-bond donors (Lipinski definition) is 0. The average molecular weight is 422 g/mol. The molecule has 0 saturated heterocycles. The monoisotopic (exact) mass is 421 g/mol. The van der Waals surface area contributed by atoms with Crippen LogP contribution in [-0.4, -0.2) is 18.1 Å². The van der Waals surface area contributed by atoms with Crippen LogP contribution in [0.2, 0.25) is 0 Å². The normalized spacial score (nSPS) is 40.0. The molecule has 6 atom stereocenters. The standard InChI is InChI=1S/C27H35NO3/c1-5-6-7-17(2)21-15-23-20-9-8-18-14-19(29)10-12-26(18,3)22(20)11-13-27(23,4)25(21)24(30)16-28-31/h5-7,11,14,20-21,23,25H,8-10,12-13,15-16H2,1-4H3/b6-5-,17-7+/t20?,21-,23?,25-,26+,27+/m1/s1. The lowest BCUT2D eigenvalue weighted by atomic mass is 9.51. The Bertz CT molecular complexity index is 923. The maximum absolute atomic E-state index is 13.2. The van der Waals surface area contributed by atoms with E-state index in [-0.39, 0.29) is 40.8 Å². The molecular weight excluding hydrogens is 386 g/mol. The molecule has 4 heteroatoms. The van der Waals surface area contributed by atoms with Gasteiger partial charge >= 0.3 is 0 Å². The van der Waals surface area contributed by atoms with Gasteiger partial charge in [0.1, 0.15) is 6.54 Å². The Balaban J connectivity index is 1.75. The van der Waals surface area contributed by atoms with E-state index in [1.54, 1.807) is 0 Å². The van der Waals surface area contributed by atoms with Crippen LogP contribution in [0.4, 0.5) is 0 Å². The van der Waals surface area contributed by atoms with Crippen LogP contribution in [0.3, 0.4) is 0 Å². The van der Waals surface area contributed by atoms with Crippen molar-refractivity contribution in [2.24, 2.45) is 39.7 Å². The molecule has 0 aromatic heterocycles. The topological polar surface area (TPSA) is 63.6 Å². The van der Waals surface area contributed by atoms with E-state index < -0.39 is 0 Å². The van der Waals surface area contributed by atoms with E-state index in [1.807, 2.05) is 25.2 Å². The van der Waals surface area contributed by atoms with Crippen molar-refractivity contribution in [1.82, 2.24) is 0 Å². The van der Waals surface area contributed by atoms with E-state index >= 15 is 0 Å². The van der Waals surface area contributed by atoms with Crippen LogP contribution in [0.1, 0.15) is 66.2 Å². The van der Waals surface area contributed by atoms with Crippen molar-refractivity contribution in [3.63, 3.8) is 0 Å². The van der Waals surface area contributed by atoms with Gasteiger partial charge in [-0.25, -0.2) is 0 Å². The van der Waals surface area contributed by atoms with Gasteiger partial charge in [0.05, 0.1) is 0 Å². The summed E-state index contributed by atoms with van der Waals surface area (Å²) < 4.78 is 0. The minimum absolute atomic E-state index is 0.000877. The molecule has 0 N–H and O–H groups in total. The zero-order valence-corrected chi connectivity index (χ0v) is 19.3. The molecule has 4 aliphatic rings. The van der Waals surface area contributed by atoms with Crippen LogP contribution in [0.25, 0.3) is 0 Å². The fourth-order valence-electron chi connectivity index (χ4n) is 7.48. The molecule has 4 nitrogen and oxygen atoms in total. The van der Waals surface area contributed by atoms with Crippen LogP contribution in [0.5, 0.6) is 0 Å². The highest BCUT2D eigenvalue weighted by Gasteiger charge is 2.60. The number of Topliss-reactive ketones (excluding diaryl/α,β-unsaturated/α-hetero) is 1. The first-order valence-corrected chi connectivity index (χ1v) is 11.8. The highest BCUT2D eigenvalue weighted by Crippen LogP contribution is 2.66. The van der Waals surface area contributed by atoms with Gasteiger partial charge in [-0.3, -0.25) is 9.59 Å². The van der Waals surface area contributed by atoms with Crippen molar-refractivity contribution in [3.05, 3.63) is 52.0 Å². The van der Waals surface area contributed by atoms with Gasteiger partial charge in [0.2, 0.25) is 0 Å². The second kappa shape index (κ2) is 8.11. The van der Waals surface area contributed by atoms with Gasteiger partial charge in [-0.15, -0.1) is 0 Å². The summed E-state index contributed by atoms with van der Waals surface area (Å²) in [5.74, 6) is 1.14. The van der Waals surface area contributed by atoms with Crippen LogP contribution < -0.4 is 0 Å². The van der Waals surface area contributed by atoms with Gasteiger partial charge in [0, 0.05) is 17.8 Å². The van der Waals surface area contributed by atoms with Gasteiger partial charge in [0.25, 0.3) is 0 Å². The summed E-state index contributed by atoms with van der Waals surface area (Å²) in [6, 6.07) is 0. The summed E-state index contributed by atoms with van der Waals surface area (Å²) in [6.45, 7) is 8.50. The van der Waals surface area contributed by atoms with E-state index in [1.165, 1.54) is 16.7 Å². The summed E-state index contributed by atoms with van der Waals surface area (Å²) in [6.07, 6.45) is 15.9. The van der Waals surface area contributed by atoms with Crippen LogP contribution >= 0.6 is 0 Å². The summed E-state index contributed by atoms with van der Waals surface area (Å²) in [5, 5.41) is 2.97. The minimum Gasteiger partial charge on any atom is -0.297 e. The van der Waals surface area contributed by atoms with E-state index in [2.05, 4.69) is 38.1 Å². The molecule has 4 aliphatic carbocycles. The number of rotatable bonds is 5. The zero-order valence-electron chi connectivity index (χ0n) is 19.3. The number of hydrogen-bond acceptors (Lipinski definition) is 4. The minimum atomic E-state index is -0.228. The van der Waals surface area contributed by atoms with E-state index in [0.29, 0.717) is 18.3 Å². The fraction of sp³-hybridized carbons (Fsp3) is 0.630. The highest BCUT2D eigenvalue weighted by atomic mass is 16.3. The molecule has 2 fully saturated rings. The first-order chi connectivity index (χ1) is 14.8. The maximum Gasteiger partial charge on any atom is 0.162 e. The summed E-state index contributed by atoms with van der Waals surface area (Å²) >= 11 is 0. The second-order valence-corrected chi connectivity index (χ2v) is 10.6. The summed E-state index contributed by atoms with van der Waals surface area (Å²) in [7, 11) is 0. The van der Waals surface area contributed by atoms with Crippen molar-refractivity contribution in [2.75, 3.05) is 6.54 Å². The molecule has 0 spiro atoms. The third kappa shape index (κ3) is 3.43. The van der Waals surface area contributed by atoms with Gasteiger partial charge < -0.3 is 0 Å². The third-order valence-electron chi connectivity index (χ3n) is 9.10. The van der Waals surface area contributed by atoms with Gasteiger partial charge in [-0.1, -0.05) is 60.0 Å². The van der Waals surface area contributed by atoms with Gasteiger partial charge in [-0.05, 0) is 75.2 Å². The number of nitrogens with zero attached hydrogens (tertiary/aromatic N) is 1. The molecule has 0 bridgehead atoms. The maximum atomic E-state index is 13.2. The molecule has 4 rings (SSSR count). The lowest BCUT2D eigenvalue weighted by molar-refractivity contribution is -0.126. The fourth-order valence-corrected chi connectivity index (χ4v) is 7.48. The van der Waals surface area contributed by atoms with Crippen LogP contribution in [0, 0.1) is 39.4 Å². The van der Waals surface area contributed by atoms with Crippen LogP contribution in [-0.2, 0) is 9.59 Å². The molecule has 0 radical (unpaired) electrons. The third-order valence-corrected chi connectivity index (χ3v) is 9.10. The van der Waals surface area contributed by atoms with E-state index in [4.69, 9.17) is 0 Å². The second-order valence-electron chi connectivity index (χ2n) is 10.6. The lowest BCUT2D eigenvalue weighted by Crippen LogP contribution is -2.46. The van der Waals surface area contributed by atoms with E-state index in [9.17, 15) is 14.5 Å². The Morgan fingerprint density at radius 1 is 1.29 bits per heavy atom. The Morgan fingerprint density at radius 3 is 2.77 bits per heavy atom. The van der Waals surface area contributed by atoms with Gasteiger partial charge in [0.15, 0.2) is 11.6 Å². The number of nitroso groups, excluding NO2 is 1. The summed E-state index contributed by atoms with van der Waals surface area (Å²) in [4.78, 5) is 36.2. The van der Waals surface area contributed by atoms with Crippen molar-refractivity contribution in [1.29, 1.82) is 0 Å². The quantitative estimate of drug-likeness (QED) is 0.304. The average Bonchev–Trinajstić information content (AvgIpc) is 3.06. The molecule has 0 aromatic rings. The Morgan fingerprint density at radius 2 is 2.06 bits per heavy atom. The largest absolute Gasteiger partial charge is 0.297 e. The first-order valence-electron chi connectivity index (χ1n) is 11.8. The number of allylic oxidation sites excluding steroid dienone is 8. The number of carbonyl (C=O) groups excluding carboxylic acids is 2. The molecule has 0 aliphatic heterocycles. The SMILES string of the molecule is C/C=C\C=C(/C)[C@H]1CC2C3CCC4=CC(=O)CC[C@]4(C)C3=CC[C@]2(C)[C@H]1C(=O)CN=O. The first kappa shape index (κ1) is 22.1. The number of carbonyl (C=O) groups is 2. The van der Waals surface area contributed by atoms with Crippen molar-refractivity contribution < 1.29 is 9.59 Å². The van der Waals surface area contributed by atoms with Crippen molar-refractivity contribution >= 4 is 11.6 Å². The van der Waals surface area contributed by atoms with E-state index in [0.717, 1.165) is 32.1 Å². The number of fused-ring (bicyclic) bond motifs is 5. The zero-order chi connectivity index (χ0) is 22.4. The lowest BCUT2D eigenvalue weighted by Gasteiger charge is -2.53. The molecule has 31 heavy (non-hydrogen) atoms. The van der Waals surface area contributed by atoms with Crippen molar-refractivity contribution in [2.45, 2.75) is 66.2 Å². The molecule has 0 heterocycles. The molecule has 0 amide bonds. The smallest absolute Gasteiger partial charge is 0.162 e. The molecule has 0 aromatic carbocycles. The van der Waals surface area contributed by atoms with Crippen molar-refractivity contribution in [3.8, 4) is 0 Å². The predicted molar refractivity (Wildman–Crippen MR) is 123 cm³/mol. The Hall–Kier alpha value is -2.10. The molecule has 166 valence electrons. The summed E-state index contributed by atoms with van der Waals surface area (Å²) in [5.41, 5.74) is 3.90. The van der Waals surface area contributed by atoms with Crippen LogP contribution in [0.15, 0.2) is 52.3 Å². The number of ketones is 2. The Labute approximate surface area is 185 Å². The molecule has 2 saturated carbocycles. The highest BCUT2D eigenvalue weighted by molar-refractivity contribution is 5.92. The predicted octanol–water partition coefficient (Wildman–Crippen LogP) is 6.14. The molecule has 2 unspecified atom stereocenters. The Kier molecular flexibility index (Phi) is 5.78. The molecular formula is C27H35NO3. The van der Waals surface area contributed by atoms with Gasteiger partial charge in [-0.2, -0.15) is 4.91 Å².